The number of nitrogens with zero attached hydrogens (tertiary/aromatic N) is 3. The van der Waals surface area contributed by atoms with Gasteiger partial charge in [-0.3, -0.25) is 4.79 Å². The van der Waals surface area contributed by atoms with Crippen LogP contribution in [-0.4, -0.2) is 31.8 Å². The zero-order valence-corrected chi connectivity index (χ0v) is 17.3. The zero-order valence-electron chi connectivity index (χ0n) is 17.3. The maximum atomic E-state index is 12.7. The minimum atomic E-state index is -0.847. The first-order valence-corrected chi connectivity index (χ1v) is 9.91. The lowest BCUT2D eigenvalue weighted by Crippen LogP contribution is -2.21. The second-order valence-electron chi connectivity index (χ2n) is 7.91. The molecule has 2 heterocycles. The van der Waals surface area contributed by atoms with Crippen LogP contribution >= 0.6 is 0 Å². The Morgan fingerprint density at radius 1 is 1.23 bits per heavy atom. The summed E-state index contributed by atoms with van der Waals surface area (Å²) in [4.78, 5) is 19.7. The Bertz CT molecular complexity index is 1330. The smallest absolute Gasteiger partial charge is 0.260 e. The zero-order chi connectivity index (χ0) is 22.0. The Morgan fingerprint density at radius 2 is 2.00 bits per heavy atom. The van der Waals surface area contributed by atoms with E-state index in [1.165, 1.54) is 6.33 Å². The minimum absolute atomic E-state index is 0.251. The van der Waals surface area contributed by atoms with E-state index in [0.717, 1.165) is 5.69 Å². The second-order valence-corrected chi connectivity index (χ2v) is 7.91. The van der Waals surface area contributed by atoms with Crippen molar-refractivity contribution in [1.29, 1.82) is 5.26 Å². The number of fused-ring (bicyclic) bond motifs is 1. The van der Waals surface area contributed by atoms with Gasteiger partial charge >= 0.3 is 0 Å². The molecule has 4 aromatic rings. The molecule has 0 atom stereocenters. The van der Waals surface area contributed by atoms with Gasteiger partial charge in [0.05, 0.1) is 29.5 Å². The lowest BCUT2D eigenvalue weighted by atomic mass is 10.0. The molecule has 0 radical (unpaired) electrons. The number of benzene rings is 2. The number of hydrogen-bond donors (Lipinski definition) is 2. The number of aromatic amines is 1. The monoisotopic (exact) mass is 414 g/mol. The van der Waals surface area contributed by atoms with E-state index in [1.807, 2.05) is 47.2 Å². The van der Waals surface area contributed by atoms with Gasteiger partial charge in [0.2, 0.25) is 0 Å². The summed E-state index contributed by atoms with van der Waals surface area (Å²) in [5.74, 6) is 0.439. The molecule has 2 aromatic carbocycles. The lowest BCUT2D eigenvalue weighted by molar-refractivity contribution is 0.0553. The molecule has 7 heteroatoms. The molecule has 0 saturated heterocycles. The van der Waals surface area contributed by atoms with Crippen LogP contribution in [0.1, 0.15) is 25.8 Å². The SMILES string of the molecule is CC(C)(O)CCOc1ccc(-c2cn(-c3ccccc3)c3nc[nH]c(=O)c23)cc1C#N. The Kier molecular flexibility index (Phi) is 5.32. The molecule has 0 amide bonds. The normalized spacial score (nSPS) is 11.4. The summed E-state index contributed by atoms with van der Waals surface area (Å²) in [6.07, 6.45) is 3.67. The first-order chi connectivity index (χ1) is 14.9. The van der Waals surface area contributed by atoms with Gasteiger partial charge < -0.3 is 19.4 Å². The number of para-hydroxylation sites is 1. The van der Waals surface area contributed by atoms with E-state index >= 15 is 0 Å². The van der Waals surface area contributed by atoms with Gasteiger partial charge in [-0.05, 0) is 43.7 Å². The third-order valence-electron chi connectivity index (χ3n) is 5.01. The van der Waals surface area contributed by atoms with E-state index in [2.05, 4.69) is 16.0 Å². The highest BCUT2D eigenvalue weighted by Gasteiger charge is 2.18. The van der Waals surface area contributed by atoms with Crippen LogP contribution in [0.2, 0.25) is 0 Å². The number of hydrogen-bond acceptors (Lipinski definition) is 5. The van der Waals surface area contributed by atoms with Crippen LogP contribution < -0.4 is 10.3 Å². The average molecular weight is 414 g/mol. The molecule has 4 rings (SSSR count). The molecule has 31 heavy (non-hydrogen) atoms. The molecule has 0 saturated carbocycles. The fourth-order valence-corrected chi connectivity index (χ4v) is 3.40. The van der Waals surface area contributed by atoms with E-state index < -0.39 is 5.60 Å². The Morgan fingerprint density at radius 3 is 2.71 bits per heavy atom. The molecule has 2 N–H and O–H groups in total. The Balaban J connectivity index is 1.79. The second kappa shape index (κ2) is 8.09. The number of aromatic nitrogens is 3. The summed E-state index contributed by atoms with van der Waals surface area (Å²) >= 11 is 0. The van der Waals surface area contributed by atoms with Gasteiger partial charge in [0.1, 0.15) is 11.8 Å². The molecule has 156 valence electrons. The summed E-state index contributed by atoms with van der Waals surface area (Å²) in [7, 11) is 0. The van der Waals surface area contributed by atoms with Crippen LogP contribution in [-0.2, 0) is 0 Å². The number of H-pyrrole nitrogens is 1. The van der Waals surface area contributed by atoms with E-state index in [1.54, 1.807) is 26.0 Å². The van der Waals surface area contributed by atoms with Crippen LogP contribution in [0.3, 0.4) is 0 Å². The maximum absolute atomic E-state index is 12.7. The van der Waals surface area contributed by atoms with Crippen LogP contribution in [0.25, 0.3) is 27.8 Å². The Labute approximate surface area is 179 Å². The van der Waals surface area contributed by atoms with Crippen molar-refractivity contribution < 1.29 is 9.84 Å². The lowest BCUT2D eigenvalue weighted by Gasteiger charge is -2.17. The van der Waals surface area contributed by atoms with Crippen molar-refractivity contribution in [3.63, 3.8) is 0 Å². The predicted molar refractivity (Wildman–Crippen MR) is 118 cm³/mol. The van der Waals surface area contributed by atoms with Crippen LogP contribution in [0, 0.1) is 11.3 Å². The van der Waals surface area contributed by atoms with Gasteiger partial charge in [0, 0.05) is 23.9 Å². The summed E-state index contributed by atoms with van der Waals surface area (Å²) in [6, 6.07) is 17.0. The number of aliphatic hydroxyl groups is 1. The number of nitrogens with one attached hydrogen (secondary N) is 1. The van der Waals surface area contributed by atoms with Gasteiger partial charge in [0.25, 0.3) is 5.56 Å². The third-order valence-corrected chi connectivity index (χ3v) is 5.01. The van der Waals surface area contributed by atoms with Crippen LogP contribution in [0.15, 0.2) is 65.8 Å². The quantitative estimate of drug-likeness (QED) is 0.500. The standard InChI is InChI=1S/C24H22N4O3/c1-24(2,30)10-11-31-20-9-8-16(12-17(20)13-25)19-14-28(18-6-4-3-5-7-18)22-21(19)23(29)27-15-26-22/h3-9,12,14-15,30H,10-11H2,1-2H3,(H,26,27,29). The van der Waals surface area contributed by atoms with Gasteiger partial charge in [-0.1, -0.05) is 24.3 Å². The van der Waals surface area contributed by atoms with Crippen molar-refractivity contribution in [2.24, 2.45) is 0 Å². The predicted octanol–water partition coefficient (Wildman–Crippen LogP) is 3.79. The largest absolute Gasteiger partial charge is 0.492 e. The number of nitriles is 1. The minimum Gasteiger partial charge on any atom is -0.492 e. The first kappa shape index (κ1) is 20.4. The van der Waals surface area contributed by atoms with Crippen molar-refractivity contribution in [3.05, 3.63) is 77.0 Å². The molecule has 0 fully saturated rings. The molecule has 2 aromatic heterocycles. The van der Waals surface area contributed by atoms with E-state index in [9.17, 15) is 15.2 Å². The van der Waals surface area contributed by atoms with E-state index in [-0.39, 0.29) is 12.2 Å². The topological polar surface area (TPSA) is 104 Å². The fourth-order valence-electron chi connectivity index (χ4n) is 3.40. The first-order valence-electron chi connectivity index (χ1n) is 9.91. The molecule has 0 bridgehead atoms. The fraction of sp³-hybridized carbons (Fsp3) is 0.208. The molecule has 0 aliphatic rings. The molecule has 7 nitrogen and oxygen atoms in total. The Hall–Kier alpha value is -3.89. The van der Waals surface area contributed by atoms with Crippen molar-refractivity contribution in [3.8, 4) is 28.6 Å². The maximum Gasteiger partial charge on any atom is 0.260 e. The molecule has 0 unspecified atom stereocenters. The van der Waals surface area contributed by atoms with Crippen molar-refractivity contribution in [2.75, 3.05) is 6.61 Å². The summed E-state index contributed by atoms with van der Waals surface area (Å²) < 4.78 is 7.57. The van der Waals surface area contributed by atoms with Gasteiger partial charge in [-0.2, -0.15) is 5.26 Å². The number of ether oxygens (including phenoxy) is 1. The third kappa shape index (κ3) is 4.20. The van der Waals surface area contributed by atoms with Crippen molar-refractivity contribution in [1.82, 2.24) is 14.5 Å². The van der Waals surface area contributed by atoms with Gasteiger partial charge in [-0.25, -0.2) is 4.98 Å². The number of rotatable bonds is 6. The van der Waals surface area contributed by atoms with E-state index in [4.69, 9.17) is 4.74 Å². The highest BCUT2D eigenvalue weighted by atomic mass is 16.5. The molecular formula is C24H22N4O3. The van der Waals surface area contributed by atoms with Crippen molar-refractivity contribution >= 4 is 11.0 Å². The molecule has 0 aliphatic heterocycles. The van der Waals surface area contributed by atoms with Gasteiger partial charge in [-0.15, -0.1) is 0 Å². The molecule has 0 spiro atoms. The van der Waals surface area contributed by atoms with Crippen molar-refractivity contribution in [2.45, 2.75) is 25.9 Å². The van der Waals surface area contributed by atoms with Crippen LogP contribution in [0.4, 0.5) is 0 Å². The van der Waals surface area contributed by atoms with Gasteiger partial charge in [0.15, 0.2) is 5.65 Å². The molecule has 0 aliphatic carbocycles. The van der Waals surface area contributed by atoms with Crippen LogP contribution in [0.5, 0.6) is 5.75 Å². The summed E-state index contributed by atoms with van der Waals surface area (Å²) in [5.41, 5.74) is 2.06. The van der Waals surface area contributed by atoms with E-state index in [0.29, 0.717) is 39.9 Å². The average Bonchev–Trinajstić information content (AvgIpc) is 3.15. The summed E-state index contributed by atoms with van der Waals surface area (Å²) in [5, 5.41) is 19.9. The highest BCUT2D eigenvalue weighted by Crippen LogP contribution is 2.32. The summed E-state index contributed by atoms with van der Waals surface area (Å²) in [6.45, 7) is 3.70. The highest BCUT2D eigenvalue weighted by molar-refractivity contribution is 5.94. The molecular weight excluding hydrogens is 392 g/mol.